The minimum atomic E-state index is -0.374. The average Bonchev–Trinajstić information content (AvgIpc) is 2.45. The molecule has 108 valence electrons. The van der Waals surface area contributed by atoms with Gasteiger partial charge in [0.1, 0.15) is 5.75 Å². The van der Waals surface area contributed by atoms with Gasteiger partial charge in [-0.1, -0.05) is 27.5 Å². The summed E-state index contributed by atoms with van der Waals surface area (Å²) in [6.07, 6.45) is 1.32. The van der Waals surface area contributed by atoms with E-state index in [1.165, 1.54) is 12.3 Å². The van der Waals surface area contributed by atoms with Gasteiger partial charge in [0.25, 0.3) is 5.91 Å². The largest absolute Gasteiger partial charge is 0.507 e. The molecule has 0 spiro atoms. The number of phenolic OH excluding ortho intramolecular Hbond substituents is 1. The number of benzene rings is 2. The summed E-state index contributed by atoms with van der Waals surface area (Å²) in [5.41, 5.74) is 3.24. The Bertz CT molecular complexity index is 720. The highest BCUT2D eigenvalue weighted by molar-refractivity contribution is 9.11. The predicted molar refractivity (Wildman–Crippen MR) is 90.0 cm³/mol. The minimum Gasteiger partial charge on any atom is -0.507 e. The topological polar surface area (TPSA) is 61.7 Å². The van der Waals surface area contributed by atoms with Gasteiger partial charge < -0.3 is 5.11 Å². The van der Waals surface area contributed by atoms with Gasteiger partial charge in [0.15, 0.2) is 0 Å². The Hall–Kier alpha value is -1.37. The molecule has 0 saturated heterocycles. The van der Waals surface area contributed by atoms with E-state index in [1.54, 1.807) is 24.3 Å². The van der Waals surface area contributed by atoms with Crippen LogP contribution in [0.2, 0.25) is 5.02 Å². The van der Waals surface area contributed by atoms with Crippen molar-refractivity contribution in [3.8, 4) is 5.75 Å². The second-order valence-corrected chi connectivity index (χ2v) is 6.23. The number of nitrogens with zero attached hydrogens (tertiary/aromatic N) is 1. The number of phenols is 1. The number of nitrogens with one attached hydrogen (secondary N) is 1. The van der Waals surface area contributed by atoms with Crippen molar-refractivity contribution in [3.63, 3.8) is 0 Å². The van der Waals surface area contributed by atoms with Crippen LogP contribution in [0.25, 0.3) is 0 Å². The molecule has 1 amide bonds. The number of carbonyl (C=O) groups excluding carboxylic acids is 1. The van der Waals surface area contributed by atoms with E-state index in [0.717, 1.165) is 4.47 Å². The lowest BCUT2D eigenvalue weighted by Gasteiger charge is -2.04. The van der Waals surface area contributed by atoms with Gasteiger partial charge in [-0.2, -0.15) is 5.10 Å². The van der Waals surface area contributed by atoms with Crippen LogP contribution >= 0.6 is 43.5 Å². The number of hydrogen-bond acceptors (Lipinski definition) is 3. The highest BCUT2D eigenvalue weighted by atomic mass is 79.9. The molecule has 0 aliphatic rings. The molecule has 0 saturated carbocycles. The van der Waals surface area contributed by atoms with Gasteiger partial charge in [0.05, 0.1) is 11.8 Å². The van der Waals surface area contributed by atoms with E-state index in [2.05, 4.69) is 42.4 Å². The Balaban J connectivity index is 2.12. The summed E-state index contributed by atoms with van der Waals surface area (Å²) in [5, 5.41) is 13.9. The molecule has 0 unspecified atom stereocenters. The summed E-state index contributed by atoms with van der Waals surface area (Å²) in [6, 6.07) is 9.80. The lowest BCUT2D eigenvalue weighted by atomic mass is 10.2. The SMILES string of the molecule is O=C(N/N=C/c1cc(Cl)ccc1O)c1cc(Br)ccc1Br. The summed E-state index contributed by atoms with van der Waals surface area (Å²) < 4.78 is 1.44. The zero-order valence-corrected chi connectivity index (χ0v) is 14.4. The predicted octanol–water partition coefficient (Wildman–Crippen LogP) is 4.33. The van der Waals surface area contributed by atoms with E-state index in [-0.39, 0.29) is 11.7 Å². The molecule has 0 bridgehead atoms. The van der Waals surface area contributed by atoms with E-state index in [1.807, 2.05) is 6.07 Å². The van der Waals surface area contributed by atoms with Crippen LogP contribution in [0.5, 0.6) is 5.75 Å². The van der Waals surface area contributed by atoms with Crippen molar-refractivity contribution in [2.75, 3.05) is 0 Å². The fraction of sp³-hybridized carbons (Fsp3) is 0. The number of aromatic hydroxyl groups is 1. The lowest BCUT2D eigenvalue weighted by molar-refractivity contribution is 0.0954. The molecule has 0 radical (unpaired) electrons. The summed E-state index contributed by atoms with van der Waals surface area (Å²) in [5.74, 6) is -0.345. The molecular formula is C14H9Br2ClN2O2. The van der Waals surface area contributed by atoms with Crippen LogP contribution in [0, 0.1) is 0 Å². The van der Waals surface area contributed by atoms with Crippen molar-refractivity contribution >= 4 is 55.6 Å². The highest BCUT2D eigenvalue weighted by Crippen LogP contribution is 2.22. The van der Waals surface area contributed by atoms with Crippen LogP contribution < -0.4 is 5.43 Å². The van der Waals surface area contributed by atoms with Crippen LogP contribution in [-0.4, -0.2) is 17.2 Å². The zero-order valence-electron chi connectivity index (χ0n) is 10.5. The van der Waals surface area contributed by atoms with E-state index >= 15 is 0 Å². The van der Waals surface area contributed by atoms with Crippen molar-refractivity contribution in [1.82, 2.24) is 5.43 Å². The zero-order chi connectivity index (χ0) is 15.4. The maximum absolute atomic E-state index is 12.0. The van der Waals surface area contributed by atoms with Crippen LogP contribution in [0.1, 0.15) is 15.9 Å². The number of amides is 1. The van der Waals surface area contributed by atoms with Gasteiger partial charge in [-0.3, -0.25) is 4.79 Å². The number of hydrogen-bond donors (Lipinski definition) is 2. The fourth-order valence-electron chi connectivity index (χ4n) is 1.52. The molecule has 4 nitrogen and oxygen atoms in total. The van der Waals surface area contributed by atoms with Gasteiger partial charge in [-0.05, 0) is 52.3 Å². The van der Waals surface area contributed by atoms with Gasteiger partial charge in [-0.25, -0.2) is 5.43 Å². The monoisotopic (exact) mass is 430 g/mol. The second-order valence-electron chi connectivity index (χ2n) is 4.03. The van der Waals surface area contributed by atoms with Gasteiger partial charge >= 0.3 is 0 Å². The van der Waals surface area contributed by atoms with Gasteiger partial charge in [0.2, 0.25) is 0 Å². The number of carbonyl (C=O) groups is 1. The fourth-order valence-corrected chi connectivity index (χ4v) is 2.49. The summed E-state index contributed by atoms with van der Waals surface area (Å²) in [7, 11) is 0. The average molecular weight is 432 g/mol. The first-order valence-electron chi connectivity index (χ1n) is 5.74. The van der Waals surface area contributed by atoms with E-state index in [4.69, 9.17) is 11.6 Å². The third-order valence-corrected chi connectivity index (χ3v) is 3.95. The molecule has 2 aromatic carbocycles. The number of hydrazone groups is 1. The Morgan fingerprint density at radius 3 is 2.76 bits per heavy atom. The smallest absolute Gasteiger partial charge is 0.272 e. The van der Waals surface area contributed by atoms with Crippen molar-refractivity contribution in [2.45, 2.75) is 0 Å². The Labute approximate surface area is 143 Å². The molecule has 0 aromatic heterocycles. The minimum absolute atomic E-state index is 0.0287. The van der Waals surface area contributed by atoms with Gasteiger partial charge in [-0.15, -0.1) is 0 Å². The molecule has 7 heteroatoms. The van der Waals surface area contributed by atoms with Crippen LogP contribution in [0.15, 0.2) is 50.4 Å². The Kier molecular flexibility index (Phi) is 5.39. The third-order valence-electron chi connectivity index (χ3n) is 2.53. The molecule has 0 atom stereocenters. The third kappa shape index (κ3) is 4.30. The van der Waals surface area contributed by atoms with Crippen molar-refractivity contribution < 1.29 is 9.90 Å². The van der Waals surface area contributed by atoms with Gasteiger partial charge in [0, 0.05) is 19.5 Å². The standard InChI is InChI=1S/C14H9Br2ClN2O2/c15-9-1-3-12(16)11(6-9)14(21)19-18-7-8-5-10(17)2-4-13(8)20/h1-7,20H,(H,19,21)/b18-7+. The van der Waals surface area contributed by atoms with Crippen LogP contribution in [0.3, 0.4) is 0 Å². The maximum Gasteiger partial charge on any atom is 0.272 e. The number of rotatable bonds is 3. The summed E-state index contributed by atoms with van der Waals surface area (Å²) in [4.78, 5) is 12.0. The Morgan fingerprint density at radius 2 is 2.00 bits per heavy atom. The summed E-state index contributed by atoms with van der Waals surface area (Å²) >= 11 is 12.4. The molecule has 0 aliphatic heterocycles. The second kappa shape index (κ2) is 7.06. The summed E-state index contributed by atoms with van der Waals surface area (Å²) in [6.45, 7) is 0. The molecule has 21 heavy (non-hydrogen) atoms. The van der Waals surface area contributed by atoms with Crippen molar-refractivity contribution in [2.24, 2.45) is 5.10 Å². The van der Waals surface area contributed by atoms with E-state index in [9.17, 15) is 9.90 Å². The van der Waals surface area contributed by atoms with Crippen molar-refractivity contribution in [3.05, 3.63) is 61.5 Å². The maximum atomic E-state index is 12.0. The molecule has 2 N–H and O–H groups in total. The Morgan fingerprint density at radius 1 is 1.24 bits per heavy atom. The van der Waals surface area contributed by atoms with Crippen LogP contribution in [0.4, 0.5) is 0 Å². The van der Waals surface area contributed by atoms with E-state index < -0.39 is 0 Å². The molecule has 2 rings (SSSR count). The molecule has 0 fully saturated rings. The molecule has 0 heterocycles. The quantitative estimate of drug-likeness (QED) is 0.560. The first-order valence-corrected chi connectivity index (χ1v) is 7.71. The normalized spacial score (nSPS) is 10.8. The lowest BCUT2D eigenvalue weighted by Crippen LogP contribution is -2.18. The first kappa shape index (κ1) is 16.0. The first-order chi connectivity index (χ1) is 9.97. The van der Waals surface area contributed by atoms with Crippen LogP contribution in [-0.2, 0) is 0 Å². The molecular weight excluding hydrogens is 423 g/mol. The van der Waals surface area contributed by atoms with E-state index in [0.29, 0.717) is 20.6 Å². The molecule has 2 aromatic rings. The van der Waals surface area contributed by atoms with Crippen molar-refractivity contribution in [1.29, 1.82) is 0 Å². The molecule has 0 aliphatic carbocycles. The highest BCUT2D eigenvalue weighted by Gasteiger charge is 2.09. The number of halogens is 3.